The lowest BCUT2D eigenvalue weighted by molar-refractivity contribution is -0.276. The smallest absolute Gasteiger partial charge is 0.303 e. The maximum atomic E-state index is 12.0. The molecule has 1 aliphatic carbocycles. The Morgan fingerprint density at radius 1 is 0.896 bits per heavy atom. The highest BCUT2D eigenvalue weighted by Crippen LogP contribution is 2.53. The van der Waals surface area contributed by atoms with Crippen molar-refractivity contribution in [2.24, 2.45) is 16.7 Å². The summed E-state index contributed by atoms with van der Waals surface area (Å²) in [5, 5.41) is 21.3. The molecule has 2 saturated heterocycles. The molecule has 1 amide bonds. The van der Waals surface area contributed by atoms with Crippen molar-refractivity contribution >= 4 is 11.9 Å². The summed E-state index contributed by atoms with van der Waals surface area (Å²) in [6.45, 7) is 11.9. The van der Waals surface area contributed by atoms with Crippen LogP contribution in [0.1, 0.15) is 94.4 Å². The summed E-state index contributed by atoms with van der Waals surface area (Å²) < 4.78 is 13.6. The summed E-state index contributed by atoms with van der Waals surface area (Å²) in [6, 6.07) is 25.0. The highest BCUT2D eigenvalue weighted by molar-refractivity contribution is 5.80. The van der Waals surface area contributed by atoms with Crippen LogP contribution in [0.4, 0.5) is 0 Å². The van der Waals surface area contributed by atoms with E-state index in [1.807, 2.05) is 36.4 Å². The van der Waals surface area contributed by atoms with Crippen LogP contribution in [0.5, 0.6) is 0 Å². The SMILES string of the molecule is CC1C(CN2CC3(C)CC2CC(C)(C)C3)OC(c2ccc(-c3cccc(CNC(=O)CCC(=O)O)c3)cc2)OC1c1ccc(CO)cc1. The summed E-state index contributed by atoms with van der Waals surface area (Å²) in [6.07, 6.45) is 2.82. The molecular weight excluding hydrogens is 604 g/mol. The van der Waals surface area contributed by atoms with Crippen LogP contribution in [0.15, 0.2) is 72.8 Å². The van der Waals surface area contributed by atoms with Crippen LogP contribution in [0.2, 0.25) is 0 Å². The molecule has 8 heteroatoms. The van der Waals surface area contributed by atoms with E-state index in [1.54, 1.807) is 0 Å². The molecule has 3 fully saturated rings. The van der Waals surface area contributed by atoms with Gasteiger partial charge in [0.25, 0.3) is 0 Å². The summed E-state index contributed by atoms with van der Waals surface area (Å²) in [5.41, 5.74) is 6.63. The monoisotopic (exact) mass is 654 g/mol. The van der Waals surface area contributed by atoms with E-state index in [-0.39, 0.29) is 43.5 Å². The quantitative estimate of drug-likeness (QED) is 0.204. The van der Waals surface area contributed by atoms with Gasteiger partial charge in [0.1, 0.15) is 0 Å². The van der Waals surface area contributed by atoms with Gasteiger partial charge in [0, 0.05) is 43.6 Å². The first-order valence-electron chi connectivity index (χ1n) is 17.3. The third kappa shape index (κ3) is 8.00. The number of aliphatic hydroxyl groups is 1. The molecule has 2 aliphatic heterocycles. The van der Waals surface area contributed by atoms with Crippen molar-refractivity contribution in [1.82, 2.24) is 10.2 Å². The second-order valence-electron chi connectivity index (χ2n) is 15.5. The number of carbonyl (C=O) groups is 2. The molecule has 0 spiro atoms. The molecule has 2 bridgehead atoms. The number of nitrogens with zero attached hydrogens (tertiary/aromatic N) is 1. The van der Waals surface area contributed by atoms with Gasteiger partial charge in [-0.15, -0.1) is 0 Å². The Balaban J connectivity index is 1.19. The number of rotatable bonds is 11. The van der Waals surface area contributed by atoms with Crippen LogP contribution >= 0.6 is 0 Å². The number of aliphatic carboxylic acids is 1. The Labute approximate surface area is 284 Å². The number of nitrogens with one attached hydrogen (secondary N) is 1. The molecular formula is C40H50N2O6. The highest BCUT2D eigenvalue weighted by atomic mass is 16.7. The lowest BCUT2D eigenvalue weighted by Crippen LogP contribution is -2.46. The van der Waals surface area contributed by atoms with Gasteiger partial charge in [-0.25, -0.2) is 0 Å². The first kappa shape index (κ1) is 34.3. The number of amides is 1. The molecule has 1 saturated carbocycles. The first-order chi connectivity index (χ1) is 22.9. The molecule has 3 aliphatic rings. The van der Waals surface area contributed by atoms with E-state index in [9.17, 15) is 14.7 Å². The van der Waals surface area contributed by atoms with Gasteiger partial charge in [-0.2, -0.15) is 0 Å². The Morgan fingerprint density at radius 3 is 2.33 bits per heavy atom. The van der Waals surface area contributed by atoms with E-state index in [4.69, 9.17) is 14.6 Å². The second-order valence-corrected chi connectivity index (χ2v) is 15.5. The van der Waals surface area contributed by atoms with Gasteiger partial charge in [-0.05, 0) is 64.0 Å². The number of likely N-dealkylation sites (tertiary alicyclic amines) is 1. The summed E-state index contributed by atoms with van der Waals surface area (Å²) in [5.74, 6) is -1.13. The largest absolute Gasteiger partial charge is 0.481 e. The summed E-state index contributed by atoms with van der Waals surface area (Å²) >= 11 is 0. The summed E-state index contributed by atoms with van der Waals surface area (Å²) in [4.78, 5) is 25.5. The molecule has 3 aromatic rings. The number of aliphatic hydroxyl groups excluding tert-OH is 1. The van der Waals surface area contributed by atoms with E-state index in [0.29, 0.717) is 23.4 Å². The Hall–Kier alpha value is -3.56. The highest BCUT2D eigenvalue weighted by Gasteiger charge is 2.51. The standard InChI is InChI=1S/C40H50N2O6/c1-26-34(22-42-25-40(4)20-33(42)19-39(2,3)24-40)47-38(48-37(26)30-10-8-27(23-43)9-11-30)31-14-12-29(13-15-31)32-7-5-6-28(18-32)21-41-35(44)16-17-36(45)46/h5-15,18,26,33-34,37-38,43H,16-17,19-25H2,1-4H3,(H,41,44)(H,45,46). The van der Waals surface area contributed by atoms with Crippen LogP contribution in [-0.4, -0.2) is 52.2 Å². The van der Waals surface area contributed by atoms with E-state index < -0.39 is 12.3 Å². The molecule has 0 radical (unpaired) electrons. The number of hydrogen-bond donors (Lipinski definition) is 3. The fourth-order valence-electron chi connectivity index (χ4n) is 8.55. The number of carbonyl (C=O) groups excluding carboxylic acids is 1. The molecule has 6 rings (SSSR count). The van der Waals surface area contributed by atoms with Crippen molar-refractivity contribution in [2.45, 2.75) is 97.5 Å². The van der Waals surface area contributed by atoms with Gasteiger partial charge >= 0.3 is 5.97 Å². The third-order valence-electron chi connectivity index (χ3n) is 10.6. The van der Waals surface area contributed by atoms with Gasteiger partial charge in [0.15, 0.2) is 6.29 Å². The molecule has 0 aromatic heterocycles. The normalized spacial score (nSPS) is 28.2. The van der Waals surface area contributed by atoms with Crippen molar-refractivity contribution in [1.29, 1.82) is 0 Å². The second kappa shape index (κ2) is 14.1. The van der Waals surface area contributed by atoms with Crippen molar-refractivity contribution in [3.05, 3.63) is 95.1 Å². The van der Waals surface area contributed by atoms with E-state index in [1.165, 1.54) is 19.3 Å². The van der Waals surface area contributed by atoms with Crippen LogP contribution in [0.25, 0.3) is 11.1 Å². The zero-order chi connectivity index (χ0) is 34.1. The molecule has 48 heavy (non-hydrogen) atoms. The fraction of sp³-hybridized carbons (Fsp3) is 0.500. The maximum Gasteiger partial charge on any atom is 0.303 e. The third-order valence-corrected chi connectivity index (χ3v) is 10.6. The van der Waals surface area contributed by atoms with Crippen molar-refractivity contribution in [3.8, 4) is 11.1 Å². The zero-order valence-electron chi connectivity index (χ0n) is 28.7. The van der Waals surface area contributed by atoms with Crippen molar-refractivity contribution in [3.63, 3.8) is 0 Å². The predicted octanol–water partition coefficient (Wildman–Crippen LogP) is 7.02. The van der Waals surface area contributed by atoms with Crippen molar-refractivity contribution in [2.75, 3.05) is 13.1 Å². The molecule has 8 nitrogen and oxygen atoms in total. The van der Waals surface area contributed by atoms with E-state index in [2.05, 4.69) is 74.3 Å². The minimum Gasteiger partial charge on any atom is -0.481 e. The molecule has 256 valence electrons. The lowest BCUT2D eigenvalue weighted by atomic mass is 9.65. The Morgan fingerprint density at radius 2 is 1.62 bits per heavy atom. The number of carboxylic acid groups (broad SMARTS) is 1. The maximum absolute atomic E-state index is 12.0. The average Bonchev–Trinajstić information content (AvgIpc) is 3.30. The average molecular weight is 655 g/mol. The Kier molecular flexibility index (Phi) is 10.1. The van der Waals surface area contributed by atoms with Crippen LogP contribution in [-0.2, 0) is 32.2 Å². The van der Waals surface area contributed by atoms with Gasteiger partial charge in [0.05, 0.1) is 25.2 Å². The van der Waals surface area contributed by atoms with Crippen molar-refractivity contribution < 1.29 is 29.3 Å². The molecule has 6 atom stereocenters. The van der Waals surface area contributed by atoms with Crippen LogP contribution in [0.3, 0.4) is 0 Å². The van der Waals surface area contributed by atoms with Crippen LogP contribution < -0.4 is 5.32 Å². The Bertz CT molecular complexity index is 1590. The number of fused-ring (bicyclic) bond motifs is 2. The lowest BCUT2D eigenvalue weighted by Gasteiger charge is -2.43. The molecule has 3 aromatic carbocycles. The molecule has 3 N–H and O–H groups in total. The minimum absolute atomic E-state index is 0.0118. The van der Waals surface area contributed by atoms with Gasteiger partial charge in [-0.1, -0.05) is 94.4 Å². The number of benzene rings is 3. The van der Waals surface area contributed by atoms with Gasteiger partial charge in [0.2, 0.25) is 5.91 Å². The topological polar surface area (TPSA) is 108 Å². The fourth-order valence-corrected chi connectivity index (χ4v) is 8.55. The van der Waals surface area contributed by atoms with Gasteiger partial charge in [-0.3, -0.25) is 14.5 Å². The van der Waals surface area contributed by atoms with Crippen LogP contribution in [0, 0.1) is 16.7 Å². The number of hydrogen-bond acceptors (Lipinski definition) is 6. The van der Waals surface area contributed by atoms with Gasteiger partial charge < -0.3 is 25.0 Å². The zero-order valence-corrected chi connectivity index (χ0v) is 28.7. The van der Waals surface area contributed by atoms with E-state index in [0.717, 1.165) is 46.5 Å². The number of ether oxygens (including phenoxy) is 2. The summed E-state index contributed by atoms with van der Waals surface area (Å²) in [7, 11) is 0. The first-order valence-corrected chi connectivity index (χ1v) is 17.3. The minimum atomic E-state index is -0.982. The molecule has 6 unspecified atom stereocenters. The number of carboxylic acids is 1. The van der Waals surface area contributed by atoms with E-state index >= 15 is 0 Å². The predicted molar refractivity (Wildman–Crippen MR) is 185 cm³/mol. The molecule has 2 heterocycles.